The molecule has 1 aliphatic rings. The summed E-state index contributed by atoms with van der Waals surface area (Å²) in [7, 11) is -1.42. The molecule has 0 radical (unpaired) electrons. The van der Waals surface area contributed by atoms with Crippen LogP contribution in [-0.4, -0.2) is 61.7 Å². The Morgan fingerprint density at radius 2 is 1.87 bits per heavy atom. The lowest BCUT2D eigenvalue weighted by molar-refractivity contribution is -0.192. The van der Waals surface area contributed by atoms with Gasteiger partial charge in [0.15, 0.2) is 4.21 Å². The maximum atomic E-state index is 12.6. The van der Waals surface area contributed by atoms with Crippen LogP contribution in [0.3, 0.4) is 0 Å². The highest BCUT2D eigenvalue weighted by atomic mass is 32.2. The number of benzene rings is 1. The number of nitrogens with one attached hydrogen (secondary N) is 1. The van der Waals surface area contributed by atoms with Crippen LogP contribution in [0.2, 0.25) is 0 Å². The molecule has 30 heavy (non-hydrogen) atoms. The number of nitrogens with zero attached hydrogens (tertiary/aromatic N) is 2. The molecule has 1 fully saturated rings. The van der Waals surface area contributed by atoms with E-state index in [1.807, 2.05) is 30.3 Å². The molecular formula is C18H22F3N3O4S2. The minimum absolute atomic E-state index is 0.00669. The van der Waals surface area contributed by atoms with Gasteiger partial charge in [-0.2, -0.15) is 13.2 Å². The highest BCUT2D eigenvalue weighted by molar-refractivity contribution is 7.91. The largest absolute Gasteiger partial charge is 0.490 e. The van der Waals surface area contributed by atoms with Gasteiger partial charge in [0.1, 0.15) is 5.01 Å². The van der Waals surface area contributed by atoms with E-state index in [1.54, 1.807) is 0 Å². The fourth-order valence-electron chi connectivity index (χ4n) is 2.73. The number of carbonyl (C=O) groups is 1. The molecule has 12 heteroatoms. The van der Waals surface area contributed by atoms with E-state index in [2.05, 4.69) is 21.7 Å². The molecule has 1 aromatic heterocycles. The summed E-state index contributed by atoms with van der Waals surface area (Å²) in [5, 5.41) is 7.85. The van der Waals surface area contributed by atoms with Crippen molar-refractivity contribution in [3.8, 4) is 10.6 Å². The summed E-state index contributed by atoms with van der Waals surface area (Å²) < 4.78 is 60.0. The Kier molecular flexibility index (Phi) is 8.35. The Bertz CT molecular complexity index is 934. The number of sulfonamides is 1. The number of halogens is 3. The third kappa shape index (κ3) is 7.35. The second-order valence-corrected chi connectivity index (χ2v) is 9.68. The van der Waals surface area contributed by atoms with Gasteiger partial charge in [-0.15, -0.1) is 11.3 Å². The molecular weight excluding hydrogens is 443 g/mol. The zero-order valence-corrected chi connectivity index (χ0v) is 17.7. The van der Waals surface area contributed by atoms with Gasteiger partial charge in [-0.05, 0) is 39.4 Å². The van der Waals surface area contributed by atoms with E-state index < -0.39 is 22.2 Å². The van der Waals surface area contributed by atoms with Gasteiger partial charge in [-0.25, -0.2) is 22.9 Å². The van der Waals surface area contributed by atoms with E-state index in [9.17, 15) is 21.6 Å². The Hall–Kier alpha value is -2.02. The number of hydrogen-bond donors (Lipinski definition) is 2. The molecule has 0 bridgehead atoms. The Morgan fingerprint density at radius 1 is 1.23 bits per heavy atom. The SMILES string of the molecule is CN1CCCC(NS(=O)(=O)c2cnc(-c3ccccc3)s2)CC1.O=C(O)C(F)(F)F. The van der Waals surface area contributed by atoms with E-state index in [-0.39, 0.29) is 10.3 Å². The quantitative estimate of drug-likeness (QED) is 0.720. The van der Waals surface area contributed by atoms with Crippen LogP contribution >= 0.6 is 11.3 Å². The number of aromatic nitrogens is 1. The number of carboxylic acids is 1. The molecule has 0 amide bonds. The number of likely N-dealkylation sites (tertiary alicyclic amines) is 1. The van der Waals surface area contributed by atoms with Crippen LogP contribution in [-0.2, 0) is 14.8 Å². The molecule has 2 N–H and O–H groups in total. The number of hydrogen-bond acceptors (Lipinski definition) is 6. The highest BCUT2D eigenvalue weighted by Crippen LogP contribution is 2.28. The van der Waals surface area contributed by atoms with Crippen molar-refractivity contribution in [2.24, 2.45) is 0 Å². The highest BCUT2D eigenvalue weighted by Gasteiger charge is 2.38. The molecule has 1 saturated heterocycles. The minimum atomic E-state index is -5.08. The number of carboxylic acid groups (broad SMARTS) is 1. The van der Waals surface area contributed by atoms with Crippen LogP contribution in [0.1, 0.15) is 19.3 Å². The van der Waals surface area contributed by atoms with Gasteiger partial charge in [0.25, 0.3) is 10.0 Å². The normalized spacial score (nSPS) is 18.2. The second-order valence-electron chi connectivity index (χ2n) is 6.71. The first-order valence-electron chi connectivity index (χ1n) is 9.01. The zero-order valence-electron chi connectivity index (χ0n) is 16.1. The molecule has 1 aromatic carbocycles. The molecule has 0 saturated carbocycles. The van der Waals surface area contributed by atoms with Crippen molar-refractivity contribution in [3.63, 3.8) is 0 Å². The second kappa shape index (κ2) is 10.3. The third-order valence-electron chi connectivity index (χ3n) is 4.29. The topological polar surface area (TPSA) is 99.6 Å². The zero-order chi connectivity index (χ0) is 22.4. The van der Waals surface area contributed by atoms with Crippen LogP contribution in [0.25, 0.3) is 10.6 Å². The fraction of sp³-hybridized carbons (Fsp3) is 0.444. The lowest BCUT2D eigenvalue weighted by atomic mass is 10.1. The average molecular weight is 466 g/mol. The van der Waals surface area contributed by atoms with E-state index >= 15 is 0 Å². The van der Waals surface area contributed by atoms with Crippen molar-refractivity contribution in [2.45, 2.75) is 35.7 Å². The minimum Gasteiger partial charge on any atom is -0.475 e. The first-order valence-corrected chi connectivity index (χ1v) is 11.3. The Balaban J connectivity index is 0.000000396. The van der Waals surface area contributed by atoms with Crippen LogP contribution in [0.5, 0.6) is 0 Å². The lowest BCUT2D eigenvalue weighted by Crippen LogP contribution is -2.35. The van der Waals surface area contributed by atoms with Crippen molar-refractivity contribution in [3.05, 3.63) is 36.5 Å². The summed E-state index contributed by atoms with van der Waals surface area (Å²) in [4.78, 5) is 15.4. The van der Waals surface area contributed by atoms with Crippen molar-refractivity contribution in [1.29, 1.82) is 0 Å². The Labute approximate surface area is 176 Å². The van der Waals surface area contributed by atoms with Gasteiger partial charge < -0.3 is 10.0 Å². The summed E-state index contributed by atoms with van der Waals surface area (Å²) in [6.07, 6.45) is -0.881. The summed E-state index contributed by atoms with van der Waals surface area (Å²) in [5.74, 6) is -2.76. The maximum Gasteiger partial charge on any atom is 0.490 e. The molecule has 166 valence electrons. The molecule has 0 spiro atoms. The number of alkyl halides is 3. The molecule has 1 unspecified atom stereocenters. The van der Waals surface area contributed by atoms with Crippen molar-refractivity contribution in [1.82, 2.24) is 14.6 Å². The third-order valence-corrected chi connectivity index (χ3v) is 7.31. The number of rotatable bonds is 4. The molecule has 1 aliphatic heterocycles. The van der Waals surface area contributed by atoms with Gasteiger partial charge in [0.2, 0.25) is 0 Å². The van der Waals surface area contributed by atoms with Gasteiger partial charge in [0, 0.05) is 11.6 Å². The van der Waals surface area contributed by atoms with Crippen molar-refractivity contribution in [2.75, 3.05) is 20.1 Å². The monoisotopic (exact) mass is 465 g/mol. The lowest BCUT2D eigenvalue weighted by Gasteiger charge is -2.16. The maximum absolute atomic E-state index is 12.6. The first-order chi connectivity index (χ1) is 14.0. The van der Waals surface area contributed by atoms with Gasteiger partial charge in [-0.1, -0.05) is 30.3 Å². The van der Waals surface area contributed by atoms with E-state index in [0.29, 0.717) is 0 Å². The van der Waals surface area contributed by atoms with Gasteiger partial charge >= 0.3 is 12.1 Å². The van der Waals surface area contributed by atoms with E-state index in [0.717, 1.165) is 42.9 Å². The van der Waals surface area contributed by atoms with Crippen molar-refractivity contribution < 1.29 is 31.5 Å². The molecule has 3 rings (SSSR count). The van der Waals surface area contributed by atoms with Gasteiger partial charge in [0.05, 0.1) is 6.20 Å². The molecule has 1 atom stereocenters. The molecule has 2 heterocycles. The van der Waals surface area contributed by atoms with Crippen LogP contribution in [0.15, 0.2) is 40.7 Å². The van der Waals surface area contributed by atoms with Crippen LogP contribution < -0.4 is 4.72 Å². The summed E-state index contributed by atoms with van der Waals surface area (Å²) in [6.45, 7) is 1.95. The smallest absolute Gasteiger partial charge is 0.475 e. The number of aliphatic carboxylic acids is 1. The van der Waals surface area contributed by atoms with Crippen LogP contribution in [0.4, 0.5) is 13.2 Å². The predicted octanol–water partition coefficient (Wildman–Crippen LogP) is 3.21. The molecule has 2 aromatic rings. The average Bonchev–Trinajstić information content (AvgIpc) is 3.09. The van der Waals surface area contributed by atoms with Crippen LogP contribution in [0, 0.1) is 0 Å². The predicted molar refractivity (Wildman–Crippen MR) is 107 cm³/mol. The standard InChI is InChI=1S/C16H21N3O2S2.C2HF3O2/c1-19-10-5-8-14(9-11-19)18-23(20,21)15-12-17-16(22-15)13-6-3-2-4-7-13;3-2(4,5)1(6)7/h2-4,6-7,12,14,18H,5,8-11H2,1H3;(H,6,7). The molecule has 7 nitrogen and oxygen atoms in total. The van der Waals surface area contributed by atoms with E-state index in [1.165, 1.54) is 17.5 Å². The fourth-order valence-corrected chi connectivity index (χ4v) is 5.19. The van der Waals surface area contributed by atoms with E-state index in [4.69, 9.17) is 9.90 Å². The van der Waals surface area contributed by atoms with Crippen molar-refractivity contribution >= 4 is 27.3 Å². The summed E-state index contributed by atoms with van der Waals surface area (Å²) in [6, 6.07) is 9.65. The first kappa shape index (κ1) is 24.3. The van der Waals surface area contributed by atoms with Gasteiger partial charge in [-0.3, -0.25) is 0 Å². The number of thiazole rings is 1. The summed E-state index contributed by atoms with van der Waals surface area (Å²) in [5.41, 5.74) is 0.940. The summed E-state index contributed by atoms with van der Waals surface area (Å²) >= 11 is 1.22. The molecule has 0 aliphatic carbocycles. The Morgan fingerprint density at radius 3 is 2.47 bits per heavy atom.